The van der Waals surface area contributed by atoms with Crippen molar-refractivity contribution in [2.75, 3.05) is 18.5 Å². The molecule has 0 amide bonds. The largest absolute Gasteiger partial charge is 0.478 e. The van der Waals surface area contributed by atoms with Gasteiger partial charge in [-0.1, -0.05) is 13.8 Å². The van der Waals surface area contributed by atoms with E-state index in [-0.39, 0.29) is 5.56 Å². The van der Waals surface area contributed by atoms with Crippen molar-refractivity contribution in [1.29, 1.82) is 0 Å². The van der Waals surface area contributed by atoms with Gasteiger partial charge in [-0.15, -0.1) is 5.10 Å². The van der Waals surface area contributed by atoms with E-state index in [9.17, 15) is 9.90 Å². The average Bonchev–Trinajstić information content (AvgIpc) is 2.28. The first-order chi connectivity index (χ1) is 8.34. The summed E-state index contributed by atoms with van der Waals surface area (Å²) in [4.78, 5) is 13.2. The Labute approximate surface area is 108 Å². The Bertz CT molecular complexity index is 444. The van der Waals surface area contributed by atoms with Gasteiger partial charge in [-0.2, -0.15) is 5.10 Å². The van der Waals surface area contributed by atoms with E-state index in [1.807, 2.05) is 11.9 Å². The Morgan fingerprint density at radius 1 is 1.33 bits per heavy atom. The zero-order valence-electron chi connectivity index (χ0n) is 11.7. The number of aromatic nitrogens is 2. The van der Waals surface area contributed by atoms with Gasteiger partial charge >= 0.3 is 5.97 Å². The molecule has 1 aromatic heterocycles. The van der Waals surface area contributed by atoms with Crippen LogP contribution < -0.4 is 4.90 Å². The molecule has 1 rings (SSSR count). The summed E-state index contributed by atoms with van der Waals surface area (Å²) in [6.45, 7) is 8.59. The maximum atomic E-state index is 11.3. The van der Waals surface area contributed by atoms with Gasteiger partial charge in [-0.05, 0) is 31.7 Å². The summed E-state index contributed by atoms with van der Waals surface area (Å²) >= 11 is 0. The second-order valence-electron chi connectivity index (χ2n) is 5.02. The zero-order valence-corrected chi connectivity index (χ0v) is 11.7. The Hall–Kier alpha value is -1.65. The van der Waals surface area contributed by atoms with Crippen LogP contribution in [0.3, 0.4) is 0 Å². The van der Waals surface area contributed by atoms with Crippen molar-refractivity contribution in [1.82, 2.24) is 10.2 Å². The van der Waals surface area contributed by atoms with E-state index in [0.717, 1.165) is 13.0 Å². The van der Waals surface area contributed by atoms with E-state index >= 15 is 0 Å². The molecule has 0 aliphatic carbocycles. The highest BCUT2D eigenvalue weighted by Gasteiger charge is 2.20. The minimum atomic E-state index is -0.947. The monoisotopic (exact) mass is 251 g/mol. The molecule has 100 valence electrons. The fourth-order valence-corrected chi connectivity index (χ4v) is 1.68. The maximum absolute atomic E-state index is 11.3. The number of hydrogen-bond acceptors (Lipinski definition) is 4. The quantitative estimate of drug-likeness (QED) is 0.869. The van der Waals surface area contributed by atoms with E-state index in [1.54, 1.807) is 13.8 Å². The molecule has 0 spiro atoms. The SMILES string of the molecule is Cc1nnc(N(C)CCC(C)C)c(C(=O)O)c1C. The van der Waals surface area contributed by atoms with Crippen molar-refractivity contribution in [2.45, 2.75) is 34.1 Å². The molecule has 0 unspecified atom stereocenters. The number of rotatable bonds is 5. The number of aryl methyl sites for hydroxylation is 1. The highest BCUT2D eigenvalue weighted by molar-refractivity contribution is 5.95. The molecule has 0 aliphatic heterocycles. The van der Waals surface area contributed by atoms with Gasteiger partial charge in [-0.3, -0.25) is 0 Å². The molecule has 0 radical (unpaired) electrons. The molecular formula is C13H21N3O2. The van der Waals surface area contributed by atoms with Crippen LogP contribution in [0.25, 0.3) is 0 Å². The van der Waals surface area contributed by atoms with Crippen LogP contribution in [0.4, 0.5) is 5.82 Å². The second-order valence-corrected chi connectivity index (χ2v) is 5.02. The highest BCUT2D eigenvalue weighted by Crippen LogP contribution is 2.21. The minimum Gasteiger partial charge on any atom is -0.478 e. The van der Waals surface area contributed by atoms with Gasteiger partial charge < -0.3 is 10.0 Å². The van der Waals surface area contributed by atoms with Crippen molar-refractivity contribution in [2.24, 2.45) is 5.92 Å². The number of carbonyl (C=O) groups is 1. The number of carboxylic acids is 1. The van der Waals surface area contributed by atoms with Gasteiger partial charge in [0.05, 0.1) is 5.69 Å². The lowest BCUT2D eigenvalue weighted by atomic mass is 10.1. The van der Waals surface area contributed by atoms with Gasteiger partial charge in [0.2, 0.25) is 0 Å². The van der Waals surface area contributed by atoms with Crippen LogP contribution in [-0.4, -0.2) is 34.9 Å². The molecule has 5 heteroatoms. The Kier molecular flexibility index (Phi) is 4.64. The van der Waals surface area contributed by atoms with Gasteiger partial charge in [0.15, 0.2) is 5.82 Å². The zero-order chi connectivity index (χ0) is 13.9. The molecule has 1 aromatic rings. The van der Waals surface area contributed by atoms with Crippen LogP contribution in [0, 0.1) is 19.8 Å². The average molecular weight is 251 g/mol. The molecule has 0 aromatic carbocycles. The Morgan fingerprint density at radius 2 is 1.94 bits per heavy atom. The maximum Gasteiger partial charge on any atom is 0.339 e. The van der Waals surface area contributed by atoms with E-state index in [2.05, 4.69) is 24.0 Å². The summed E-state index contributed by atoms with van der Waals surface area (Å²) in [5.74, 6) is 0.0726. The standard InChI is InChI=1S/C13H21N3O2/c1-8(2)6-7-16(5)12-11(13(17)18)9(3)10(4)14-15-12/h8H,6-7H2,1-5H3,(H,17,18). The molecule has 0 fully saturated rings. The van der Waals surface area contributed by atoms with Gasteiger partial charge in [0, 0.05) is 13.6 Å². The Morgan fingerprint density at radius 3 is 2.44 bits per heavy atom. The van der Waals surface area contributed by atoms with Gasteiger partial charge in [0.25, 0.3) is 0 Å². The van der Waals surface area contributed by atoms with Crippen LogP contribution in [-0.2, 0) is 0 Å². The Balaban J connectivity index is 3.08. The van der Waals surface area contributed by atoms with Crippen LogP contribution in [0.2, 0.25) is 0 Å². The molecule has 0 atom stereocenters. The molecule has 1 heterocycles. The van der Waals surface area contributed by atoms with Crippen molar-refractivity contribution in [3.8, 4) is 0 Å². The summed E-state index contributed by atoms with van der Waals surface area (Å²) in [6.07, 6.45) is 0.990. The molecule has 0 bridgehead atoms. The van der Waals surface area contributed by atoms with Crippen molar-refractivity contribution < 1.29 is 9.90 Å². The van der Waals surface area contributed by atoms with E-state index < -0.39 is 5.97 Å². The molecule has 0 saturated carbocycles. The van der Waals surface area contributed by atoms with Crippen molar-refractivity contribution in [3.05, 3.63) is 16.8 Å². The first-order valence-electron chi connectivity index (χ1n) is 6.12. The predicted octanol–water partition coefficient (Wildman–Crippen LogP) is 2.27. The first kappa shape index (κ1) is 14.4. The molecule has 0 saturated heterocycles. The lowest BCUT2D eigenvalue weighted by Crippen LogP contribution is -2.25. The number of anilines is 1. The first-order valence-corrected chi connectivity index (χ1v) is 6.12. The fourth-order valence-electron chi connectivity index (χ4n) is 1.68. The topological polar surface area (TPSA) is 66.3 Å². The smallest absolute Gasteiger partial charge is 0.339 e. The van der Waals surface area contributed by atoms with Crippen LogP contribution in [0.5, 0.6) is 0 Å². The number of aromatic carboxylic acids is 1. The van der Waals surface area contributed by atoms with E-state index in [1.165, 1.54) is 0 Å². The number of hydrogen-bond donors (Lipinski definition) is 1. The molecule has 0 aliphatic rings. The summed E-state index contributed by atoms with van der Waals surface area (Å²) in [7, 11) is 1.85. The second kappa shape index (κ2) is 5.80. The number of nitrogens with zero attached hydrogens (tertiary/aromatic N) is 3. The third-order valence-electron chi connectivity index (χ3n) is 3.05. The minimum absolute atomic E-state index is 0.258. The number of carboxylic acid groups (broad SMARTS) is 1. The fraction of sp³-hybridized carbons (Fsp3) is 0.615. The lowest BCUT2D eigenvalue weighted by molar-refractivity contribution is 0.0696. The summed E-state index contributed by atoms with van der Waals surface area (Å²) in [5, 5.41) is 17.4. The van der Waals surface area contributed by atoms with Crippen LogP contribution in [0.15, 0.2) is 0 Å². The van der Waals surface area contributed by atoms with Crippen LogP contribution >= 0.6 is 0 Å². The molecule has 5 nitrogen and oxygen atoms in total. The molecule has 1 N–H and O–H groups in total. The summed E-state index contributed by atoms with van der Waals surface area (Å²) in [5.41, 5.74) is 1.60. The van der Waals surface area contributed by atoms with E-state index in [0.29, 0.717) is 23.0 Å². The summed E-state index contributed by atoms with van der Waals surface area (Å²) in [6, 6.07) is 0. The van der Waals surface area contributed by atoms with E-state index in [4.69, 9.17) is 0 Å². The highest BCUT2D eigenvalue weighted by atomic mass is 16.4. The lowest BCUT2D eigenvalue weighted by Gasteiger charge is -2.21. The third kappa shape index (κ3) is 3.18. The van der Waals surface area contributed by atoms with Gasteiger partial charge in [-0.25, -0.2) is 4.79 Å². The molecular weight excluding hydrogens is 230 g/mol. The van der Waals surface area contributed by atoms with Crippen molar-refractivity contribution in [3.63, 3.8) is 0 Å². The third-order valence-corrected chi connectivity index (χ3v) is 3.05. The van der Waals surface area contributed by atoms with Crippen LogP contribution in [0.1, 0.15) is 41.9 Å². The van der Waals surface area contributed by atoms with Crippen molar-refractivity contribution >= 4 is 11.8 Å². The predicted molar refractivity (Wildman–Crippen MR) is 71.2 cm³/mol. The summed E-state index contributed by atoms with van der Waals surface area (Å²) < 4.78 is 0. The van der Waals surface area contributed by atoms with Gasteiger partial charge in [0.1, 0.15) is 5.56 Å². The molecule has 18 heavy (non-hydrogen) atoms. The normalized spacial score (nSPS) is 10.8.